The maximum atomic E-state index is 6.95. The van der Waals surface area contributed by atoms with E-state index in [-0.39, 0.29) is 42.7 Å². The van der Waals surface area contributed by atoms with E-state index in [0.717, 1.165) is 77.9 Å². The summed E-state index contributed by atoms with van der Waals surface area (Å²) in [6, 6.07) is 57.2. The van der Waals surface area contributed by atoms with Crippen molar-refractivity contribution in [1.29, 1.82) is 0 Å². The molecular weight excluding hydrogens is 1050 g/mol. The van der Waals surface area contributed by atoms with Gasteiger partial charge in [0.1, 0.15) is 11.4 Å². The van der Waals surface area contributed by atoms with Crippen LogP contribution in [-0.2, 0) is 42.7 Å². The molecule has 0 fully saturated rings. The number of para-hydroxylation sites is 4. The first-order chi connectivity index (χ1) is 33.2. The Kier molecular flexibility index (Phi) is 11.7. The number of pyridine rings is 1. The van der Waals surface area contributed by atoms with Crippen LogP contribution in [0.4, 0.5) is 22.7 Å². The van der Waals surface area contributed by atoms with E-state index in [1.807, 2.05) is 30.5 Å². The van der Waals surface area contributed by atoms with E-state index < -0.39 is 0 Å². The first kappa shape index (κ1) is 48.0. The fourth-order valence-corrected chi connectivity index (χ4v) is 9.94. The monoisotopic (exact) mass is 1110 g/mol. The van der Waals surface area contributed by atoms with E-state index in [1.54, 1.807) is 0 Å². The fraction of sp³-hybridized carbons (Fsp3) is 0.250. The number of hydrogen-bond donors (Lipinski definition) is 0. The molecule has 10 aromatic rings. The average molecular weight is 1110 g/mol. The van der Waals surface area contributed by atoms with Gasteiger partial charge in [0, 0.05) is 72.3 Å². The summed E-state index contributed by atoms with van der Waals surface area (Å²) in [5.41, 5.74) is 14.8. The number of benzene rings is 7. The topological polar surface area (TPSA) is 46.7 Å². The molecule has 0 bridgehead atoms. The number of ether oxygens (including phenoxy) is 1. The van der Waals surface area contributed by atoms with E-state index in [0.29, 0.717) is 11.5 Å². The third-order valence-electron chi connectivity index (χ3n) is 13.9. The molecule has 0 unspecified atom stereocenters. The van der Waals surface area contributed by atoms with E-state index in [2.05, 4.69) is 232 Å². The number of rotatable bonds is 6. The van der Waals surface area contributed by atoms with E-state index in [4.69, 9.17) is 14.1 Å². The quantitative estimate of drug-likeness (QED) is 0.155. The molecule has 0 saturated carbocycles. The van der Waals surface area contributed by atoms with Crippen molar-refractivity contribution in [3.8, 4) is 28.4 Å². The fourth-order valence-electron chi connectivity index (χ4n) is 9.94. The van der Waals surface area contributed by atoms with Gasteiger partial charge in [0.05, 0.1) is 0 Å². The molecule has 4 heterocycles. The molecule has 11 rings (SSSR count). The van der Waals surface area contributed by atoms with Crippen molar-refractivity contribution in [3.63, 3.8) is 0 Å². The van der Waals surface area contributed by atoms with Gasteiger partial charge < -0.3 is 23.5 Å². The number of aromatic nitrogens is 2. The predicted molar refractivity (Wildman–Crippen MR) is 292 cm³/mol. The minimum Gasteiger partial charge on any atom is -0.514 e. The van der Waals surface area contributed by atoms with E-state index >= 15 is 0 Å². The molecule has 1 aliphatic rings. The molecular formula is C64H61N4O2Pt-3. The Morgan fingerprint density at radius 1 is 0.535 bits per heavy atom. The number of furan rings is 1. The molecule has 0 atom stereocenters. The van der Waals surface area contributed by atoms with Gasteiger partial charge in [-0.15, -0.1) is 36.3 Å². The molecule has 7 heteroatoms. The molecule has 7 aromatic carbocycles. The molecule has 0 aliphatic carbocycles. The summed E-state index contributed by atoms with van der Waals surface area (Å²) < 4.78 is 15.9. The third-order valence-corrected chi connectivity index (χ3v) is 13.9. The van der Waals surface area contributed by atoms with Gasteiger partial charge in [-0.1, -0.05) is 172 Å². The Morgan fingerprint density at radius 3 is 1.87 bits per heavy atom. The smallest absolute Gasteiger partial charge is 0.136 e. The summed E-state index contributed by atoms with van der Waals surface area (Å²) in [4.78, 5) is 9.52. The van der Waals surface area contributed by atoms with Crippen molar-refractivity contribution < 1.29 is 30.2 Å². The maximum absolute atomic E-state index is 6.95. The Bertz CT molecular complexity index is 3650. The zero-order chi connectivity index (χ0) is 49.1. The Morgan fingerprint density at radius 2 is 1.18 bits per heavy atom. The van der Waals surface area contributed by atoms with Gasteiger partial charge in [-0.25, -0.2) is 4.98 Å². The molecule has 0 amide bonds. The number of hydrogen-bond acceptors (Lipinski definition) is 5. The molecule has 0 N–H and O–H groups in total. The van der Waals surface area contributed by atoms with Crippen molar-refractivity contribution >= 4 is 66.5 Å². The van der Waals surface area contributed by atoms with Crippen LogP contribution in [0.15, 0.2) is 150 Å². The summed E-state index contributed by atoms with van der Waals surface area (Å²) in [6.45, 7) is 29.6. The predicted octanol–water partition coefficient (Wildman–Crippen LogP) is 17.7. The van der Waals surface area contributed by atoms with Crippen LogP contribution in [0.5, 0.6) is 11.5 Å². The standard InChI is InChI=1S/C64H61N4O2.Pt/c1-61(2,3)41-25-27-47(52(35-41)64(10,11)12)40-29-30-65-59(31-40)68-53-21-15-13-19-48(53)49-28-26-45(37-56(49)68)69-46-36-51-50-20-14-18-24-58(50)70-60(51)57(38-46)67-39-66(54-22-16-17-23-55(54)67)44-33-42(62(4,5)6)32-43(34-44)63(7,8)9;/h13-36,39H,1-12H3;/q-3;. The zero-order valence-corrected chi connectivity index (χ0v) is 45.1. The SMILES string of the molecule is CC(C)(C)c1cc(N2[CH-]N(c3[c-]c(Oc4[c-]c5c(cc4)c4ccccc4n5-c4cc(-c5ccc(C(C)(C)C)cc5C(C)(C)C)ccn4)cc4c3oc3ccccc34)c3ccccc32)cc(C(C)(C)C)c1.[Pt]. The van der Waals surface area contributed by atoms with Gasteiger partial charge in [-0.3, -0.25) is 0 Å². The van der Waals surface area contributed by atoms with Crippen LogP contribution >= 0.6 is 0 Å². The maximum Gasteiger partial charge on any atom is 0.136 e. The number of nitrogens with zero attached hydrogens (tertiary/aromatic N) is 4. The first-order valence-corrected chi connectivity index (χ1v) is 24.5. The molecule has 6 nitrogen and oxygen atoms in total. The summed E-state index contributed by atoms with van der Waals surface area (Å²) >= 11 is 0. The van der Waals surface area contributed by atoms with Gasteiger partial charge in [0.25, 0.3) is 0 Å². The van der Waals surface area contributed by atoms with Crippen LogP contribution in [-0.4, -0.2) is 9.55 Å². The molecule has 0 saturated heterocycles. The van der Waals surface area contributed by atoms with E-state index in [1.165, 1.54) is 27.8 Å². The summed E-state index contributed by atoms with van der Waals surface area (Å²) in [7, 11) is 0. The molecule has 362 valence electrons. The third kappa shape index (κ3) is 8.63. The normalized spacial score (nSPS) is 13.4. The average Bonchev–Trinajstić information content (AvgIpc) is 4.00. The number of fused-ring (bicyclic) bond motifs is 7. The first-order valence-electron chi connectivity index (χ1n) is 24.5. The van der Waals surface area contributed by atoms with Crippen LogP contribution < -0.4 is 14.5 Å². The van der Waals surface area contributed by atoms with Crippen LogP contribution in [0.3, 0.4) is 0 Å². The molecule has 1 aliphatic heterocycles. The Balaban J connectivity index is 0.00000582. The molecule has 3 aromatic heterocycles. The minimum atomic E-state index is -0.0701. The number of anilines is 4. The van der Waals surface area contributed by atoms with Crippen molar-refractivity contribution in [2.24, 2.45) is 0 Å². The summed E-state index contributed by atoms with van der Waals surface area (Å²) in [6.07, 6.45) is 1.93. The molecule has 0 spiro atoms. The van der Waals surface area contributed by atoms with Gasteiger partial charge in [-0.05, 0) is 109 Å². The molecule has 0 radical (unpaired) electrons. The summed E-state index contributed by atoms with van der Waals surface area (Å²) in [5, 5.41) is 4.13. The minimum absolute atomic E-state index is 0. The van der Waals surface area contributed by atoms with Crippen LogP contribution in [0.25, 0.3) is 60.7 Å². The van der Waals surface area contributed by atoms with Crippen LogP contribution in [0.2, 0.25) is 0 Å². The van der Waals surface area contributed by atoms with Crippen molar-refractivity contribution in [1.82, 2.24) is 9.55 Å². The largest absolute Gasteiger partial charge is 0.514 e. The summed E-state index contributed by atoms with van der Waals surface area (Å²) in [5.74, 6) is 1.93. The second-order valence-corrected chi connectivity index (χ2v) is 23.1. The van der Waals surface area contributed by atoms with Gasteiger partial charge in [0.15, 0.2) is 0 Å². The van der Waals surface area contributed by atoms with Crippen molar-refractivity contribution in [2.75, 3.05) is 9.80 Å². The second kappa shape index (κ2) is 17.3. The van der Waals surface area contributed by atoms with Crippen LogP contribution in [0, 0.1) is 18.8 Å². The van der Waals surface area contributed by atoms with E-state index in [9.17, 15) is 0 Å². The Labute approximate surface area is 433 Å². The zero-order valence-electron chi connectivity index (χ0n) is 42.9. The van der Waals surface area contributed by atoms with Crippen molar-refractivity contribution in [2.45, 2.75) is 105 Å². The van der Waals surface area contributed by atoms with Crippen LogP contribution in [0.1, 0.15) is 105 Å². The van der Waals surface area contributed by atoms with Gasteiger partial charge in [0.2, 0.25) is 0 Å². The molecule has 71 heavy (non-hydrogen) atoms. The Hall–Kier alpha value is -6.62. The van der Waals surface area contributed by atoms with Gasteiger partial charge >= 0.3 is 0 Å². The second-order valence-electron chi connectivity index (χ2n) is 23.1. The van der Waals surface area contributed by atoms with Gasteiger partial charge in [-0.2, -0.15) is 6.07 Å². The van der Waals surface area contributed by atoms with Crippen molar-refractivity contribution in [3.05, 3.63) is 187 Å².